The summed E-state index contributed by atoms with van der Waals surface area (Å²) >= 11 is 0. The van der Waals surface area contributed by atoms with Crippen LogP contribution in [0.1, 0.15) is 41.5 Å². The zero-order valence-electron chi connectivity index (χ0n) is 11.6. The van der Waals surface area contributed by atoms with Crippen molar-refractivity contribution < 1.29 is 14.6 Å². The fraction of sp³-hybridized carbons (Fsp3) is 0.267. The first-order chi connectivity index (χ1) is 9.45. The summed E-state index contributed by atoms with van der Waals surface area (Å²) < 4.78 is 5.56. The van der Waals surface area contributed by atoms with Crippen molar-refractivity contribution in [3.05, 3.63) is 47.3 Å². The maximum atomic E-state index is 11.0. The van der Waals surface area contributed by atoms with Crippen LogP contribution in [0.3, 0.4) is 0 Å². The molecular weight excluding hydrogens is 256 g/mol. The summed E-state index contributed by atoms with van der Waals surface area (Å²) in [5.74, 6) is -0.124. The van der Waals surface area contributed by atoms with Gasteiger partial charge in [0, 0.05) is 5.69 Å². The lowest BCUT2D eigenvalue weighted by molar-refractivity contribution is 0.0689. The number of carbonyl (C=O) groups is 1. The Bertz CT molecular complexity index is 639. The molecule has 0 radical (unpaired) electrons. The van der Waals surface area contributed by atoms with Gasteiger partial charge >= 0.3 is 12.0 Å². The first-order valence-electron chi connectivity index (χ1n) is 6.32. The van der Waals surface area contributed by atoms with E-state index in [0.717, 1.165) is 5.56 Å². The standard InChI is InChI=1S/C15H16N2O3/c1-9(2)11-5-4-6-12(8-11)20-15-16-10(3)7-13(17-15)14(18)19/h4-9H,1-3H3,(H,18,19). The summed E-state index contributed by atoms with van der Waals surface area (Å²) in [6.45, 7) is 5.88. The van der Waals surface area contributed by atoms with E-state index in [4.69, 9.17) is 9.84 Å². The van der Waals surface area contributed by atoms with Gasteiger partial charge in [-0.15, -0.1) is 0 Å². The maximum absolute atomic E-state index is 11.0. The van der Waals surface area contributed by atoms with Crippen molar-refractivity contribution in [2.24, 2.45) is 0 Å². The molecule has 1 aromatic heterocycles. The van der Waals surface area contributed by atoms with E-state index in [0.29, 0.717) is 17.4 Å². The minimum absolute atomic E-state index is 0.0447. The number of nitrogens with zero attached hydrogens (tertiary/aromatic N) is 2. The largest absolute Gasteiger partial charge is 0.477 e. The molecule has 0 fully saturated rings. The predicted molar refractivity (Wildman–Crippen MR) is 74.3 cm³/mol. The summed E-state index contributed by atoms with van der Waals surface area (Å²) in [4.78, 5) is 18.9. The zero-order chi connectivity index (χ0) is 14.7. The molecule has 2 rings (SSSR count). The Morgan fingerprint density at radius 3 is 2.65 bits per heavy atom. The summed E-state index contributed by atoms with van der Waals surface area (Å²) in [6.07, 6.45) is 0. The fourth-order valence-electron chi connectivity index (χ4n) is 1.74. The zero-order valence-corrected chi connectivity index (χ0v) is 11.6. The molecule has 2 aromatic rings. The van der Waals surface area contributed by atoms with Crippen molar-refractivity contribution in [1.29, 1.82) is 0 Å². The first-order valence-corrected chi connectivity index (χ1v) is 6.32. The molecule has 0 atom stereocenters. The SMILES string of the molecule is Cc1cc(C(=O)O)nc(Oc2cccc(C(C)C)c2)n1. The van der Waals surface area contributed by atoms with E-state index in [9.17, 15) is 4.79 Å². The van der Waals surface area contributed by atoms with Crippen LogP contribution in [-0.4, -0.2) is 21.0 Å². The van der Waals surface area contributed by atoms with E-state index in [2.05, 4.69) is 23.8 Å². The molecule has 0 spiro atoms. The highest BCUT2D eigenvalue weighted by molar-refractivity contribution is 5.85. The Kier molecular flexibility index (Phi) is 3.98. The van der Waals surface area contributed by atoms with Crippen LogP contribution in [0.5, 0.6) is 11.8 Å². The number of aromatic nitrogens is 2. The summed E-state index contributed by atoms with van der Waals surface area (Å²) in [5, 5.41) is 8.97. The molecule has 0 saturated carbocycles. The smallest absolute Gasteiger partial charge is 0.354 e. The van der Waals surface area contributed by atoms with Gasteiger partial charge in [-0.2, -0.15) is 4.98 Å². The molecule has 0 saturated heterocycles. The van der Waals surface area contributed by atoms with E-state index in [1.54, 1.807) is 13.0 Å². The molecule has 1 N–H and O–H groups in total. The molecule has 104 valence electrons. The molecule has 0 bridgehead atoms. The van der Waals surface area contributed by atoms with Crippen molar-refractivity contribution in [3.63, 3.8) is 0 Å². The lowest BCUT2D eigenvalue weighted by Gasteiger charge is -2.09. The Morgan fingerprint density at radius 1 is 1.25 bits per heavy atom. The molecule has 5 heteroatoms. The molecule has 0 aliphatic carbocycles. The van der Waals surface area contributed by atoms with Crippen molar-refractivity contribution in [3.8, 4) is 11.8 Å². The van der Waals surface area contributed by atoms with E-state index in [-0.39, 0.29) is 11.7 Å². The van der Waals surface area contributed by atoms with Gasteiger partial charge in [0.05, 0.1) is 0 Å². The van der Waals surface area contributed by atoms with Crippen LogP contribution in [0.15, 0.2) is 30.3 Å². The lowest BCUT2D eigenvalue weighted by Crippen LogP contribution is -2.04. The topological polar surface area (TPSA) is 72.3 Å². The summed E-state index contributed by atoms with van der Waals surface area (Å²) in [5.41, 5.74) is 1.61. The van der Waals surface area contributed by atoms with Gasteiger partial charge in [-0.05, 0) is 36.6 Å². The Morgan fingerprint density at radius 2 is 2.00 bits per heavy atom. The van der Waals surface area contributed by atoms with Crippen LogP contribution in [0, 0.1) is 6.92 Å². The Hall–Kier alpha value is -2.43. The van der Waals surface area contributed by atoms with Gasteiger partial charge in [0.15, 0.2) is 5.69 Å². The van der Waals surface area contributed by atoms with Gasteiger partial charge in [0.1, 0.15) is 5.75 Å². The van der Waals surface area contributed by atoms with E-state index >= 15 is 0 Å². The number of carboxylic acids is 1. The van der Waals surface area contributed by atoms with Crippen LogP contribution in [0.25, 0.3) is 0 Å². The second-order valence-corrected chi connectivity index (χ2v) is 4.81. The van der Waals surface area contributed by atoms with Gasteiger partial charge < -0.3 is 9.84 Å². The number of hydrogen-bond donors (Lipinski definition) is 1. The highest BCUT2D eigenvalue weighted by atomic mass is 16.5. The van der Waals surface area contributed by atoms with Crippen molar-refractivity contribution >= 4 is 5.97 Å². The van der Waals surface area contributed by atoms with Crippen LogP contribution in [0.4, 0.5) is 0 Å². The highest BCUT2D eigenvalue weighted by Gasteiger charge is 2.10. The number of benzene rings is 1. The number of aromatic carboxylic acids is 1. The fourth-order valence-corrected chi connectivity index (χ4v) is 1.74. The minimum Gasteiger partial charge on any atom is -0.477 e. The number of ether oxygens (including phenoxy) is 1. The van der Waals surface area contributed by atoms with Crippen LogP contribution in [0.2, 0.25) is 0 Å². The normalized spacial score (nSPS) is 10.6. The average Bonchev–Trinajstić information content (AvgIpc) is 2.38. The Labute approximate surface area is 117 Å². The molecule has 5 nitrogen and oxygen atoms in total. The van der Waals surface area contributed by atoms with E-state index in [1.165, 1.54) is 6.07 Å². The van der Waals surface area contributed by atoms with Crippen LogP contribution in [-0.2, 0) is 0 Å². The molecule has 1 aromatic carbocycles. The molecule has 0 aliphatic rings. The summed E-state index contributed by atoms with van der Waals surface area (Å²) in [7, 11) is 0. The van der Waals surface area contributed by atoms with Gasteiger partial charge in [-0.25, -0.2) is 9.78 Å². The lowest BCUT2D eigenvalue weighted by atomic mass is 10.0. The number of hydrogen-bond acceptors (Lipinski definition) is 4. The number of rotatable bonds is 4. The molecular formula is C15H16N2O3. The maximum Gasteiger partial charge on any atom is 0.354 e. The first kappa shape index (κ1) is 14.0. The van der Waals surface area contributed by atoms with Gasteiger partial charge in [0.2, 0.25) is 0 Å². The summed E-state index contributed by atoms with van der Waals surface area (Å²) in [6, 6.07) is 9.04. The monoisotopic (exact) mass is 272 g/mol. The third-order valence-corrected chi connectivity index (χ3v) is 2.79. The van der Waals surface area contributed by atoms with E-state index < -0.39 is 5.97 Å². The molecule has 0 aliphatic heterocycles. The minimum atomic E-state index is -1.10. The average molecular weight is 272 g/mol. The van der Waals surface area contributed by atoms with Gasteiger partial charge in [-0.1, -0.05) is 26.0 Å². The van der Waals surface area contributed by atoms with Crippen LogP contribution >= 0.6 is 0 Å². The molecule has 20 heavy (non-hydrogen) atoms. The molecule has 0 amide bonds. The second-order valence-electron chi connectivity index (χ2n) is 4.81. The number of aryl methyl sites for hydroxylation is 1. The quantitative estimate of drug-likeness (QED) is 0.923. The van der Waals surface area contributed by atoms with Crippen LogP contribution < -0.4 is 4.74 Å². The van der Waals surface area contributed by atoms with Crippen molar-refractivity contribution in [2.75, 3.05) is 0 Å². The van der Waals surface area contributed by atoms with Gasteiger partial charge in [-0.3, -0.25) is 0 Å². The Balaban J connectivity index is 2.30. The second kappa shape index (κ2) is 5.69. The third-order valence-electron chi connectivity index (χ3n) is 2.79. The number of carboxylic acid groups (broad SMARTS) is 1. The van der Waals surface area contributed by atoms with Gasteiger partial charge in [0.25, 0.3) is 0 Å². The van der Waals surface area contributed by atoms with Crippen molar-refractivity contribution in [2.45, 2.75) is 26.7 Å². The third kappa shape index (κ3) is 3.32. The highest BCUT2D eigenvalue weighted by Crippen LogP contribution is 2.23. The molecule has 0 unspecified atom stereocenters. The predicted octanol–water partition coefficient (Wildman–Crippen LogP) is 3.40. The van der Waals surface area contributed by atoms with Crippen molar-refractivity contribution in [1.82, 2.24) is 9.97 Å². The molecule has 1 heterocycles. The van der Waals surface area contributed by atoms with E-state index in [1.807, 2.05) is 18.2 Å².